The number of benzene rings is 2. The number of sulfonamides is 1. The number of anilines is 3. The van der Waals surface area contributed by atoms with E-state index in [2.05, 4.69) is 25.6 Å². The Kier molecular flexibility index (Phi) is 8.72. The lowest BCUT2D eigenvalue weighted by Gasteiger charge is -2.21. The molecule has 0 radical (unpaired) electrons. The number of hydrogen-bond acceptors (Lipinski definition) is 7. The molecule has 0 bridgehead atoms. The first kappa shape index (κ1) is 27.6. The van der Waals surface area contributed by atoms with E-state index < -0.39 is 10.0 Å². The van der Waals surface area contributed by atoms with Gasteiger partial charge in [-0.2, -0.15) is 0 Å². The van der Waals surface area contributed by atoms with Gasteiger partial charge in [0.15, 0.2) is 11.0 Å². The summed E-state index contributed by atoms with van der Waals surface area (Å²) in [4.78, 5) is 25.2. The molecule has 4 rings (SSSR count). The molecule has 10 nitrogen and oxygen atoms in total. The Morgan fingerprint density at radius 2 is 1.68 bits per heavy atom. The zero-order valence-corrected chi connectivity index (χ0v) is 23.3. The Hall–Kier alpha value is -3.38. The van der Waals surface area contributed by atoms with Crippen LogP contribution in [0.4, 0.5) is 17.1 Å². The van der Waals surface area contributed by atoms with Crippen molar-refractivity contribution in [1.82, 2.24) is 14.8 Å². The molecule has 1 aromatic heterocycles. The molecule has 0 aliphatic heterocycles. The smallest absolute Gasteiger partial charge is 0.234 e. The summed E-state index contributed by atoms with van der Waals surface area (Å²) < 4.78 is 27.0. The van der Waals surface area contributed by atoms with Gasteiger partial charge in [-0.1, -0.05) is 31.0 Å². The molecule has 202 valence electrons. The van der Waals surface area contributed by atoms with E-state index in [1.54, 1.807) is 34.9 Å². The van der Waals surface area contributed by atoms with Crippen LogP contribution < -0.4 is 15.4 Å². The van der Waals surface area contributed by atoms with Gasteiger partial charge in [-0.05, 0) is 67.8 Å². The van der Waals surface area contributed by atoms with Gasteiger partial charge in [-0.3, -0.25) is 14.3 Å². The quantitative estimate of drug-likeness (QED) is 0.332. The number of aryl methyl sites for hydroxylation is 1. The highest BCUT2D eigenvalue weighted by Crippen LogP contribution is 2.27. The maximum atomic E-state index is 12.6. The molecular formula is C26H32N6O4S2. The lowest BCUT2D eigenvalue weighted by Crippen LogP contribution is -2.25. The highest BCUT2D eigenvalue weighted by Gasteiger charge is 2.21. The lowest BCUT2D eigenvalue weighted by molar-refractivity contribution is -0.120. The van der Waals surface area contributed by atoms with Gasteiger partial charge >= 0.3 is 0 Å². The highest BCUT2D eigenvalue weighted by atomic mass is 32.2. The number of carbonyl (C=O) groups is 2. The molecule has 0 spiro atoms. The summed E-state index contributed by atoms with van der Waals surface area (Å²) in [6.45, 7) is 1.91. The monoisotopic (exact) mass is 556 g/mol. The van der Waals surface area contributed by atoms with Crippen LogP contribution in [-0.2, 0) is 26.7 Å². The number of rotatable bonds is 9. The minimum atomic E-state index is -3.35. The van der Waals surface area contributed by atoms with E-state index in [1.807, 2.05) is 26.1 Å². The molecule has 12 heteroatoms. The SMILES string of the molecule is Cc1cc(NC(=O)CSc2nnc(-c3ccc(NS(C)(=O)=O)cc3)n2C)ccc1NC(=O)C1CCCCC1. The van der Waals surface area contributed by atoms with Crippen molar-refractivity contribution in [2.75, 3.05) is 27.4 Å². The first-order valence-corrected chi connectivity index (χ1v) is 15.3. The van der Waals surface area contributed by atoms with Crippen molar-refractivity contribution in [3.05, 3.63) is 48.0 Å². The molecule has 1 aliphatic rings. The fraction of sp³-hybridized carbons (Fsp3) is 0.385. The molecule has 0 saturated heterocycles. The lowest BCUT2D eigenvalue weighted by atomic mass is 9.88. The number of nitrogens with one attached hydrogen (secondary N) is 3. The van der Waals surface area contributed by atoms with Gasteiger partial charge in [-0.15, -0.1) is 10.2 Å². The number of carbonyl (C=O) groups excluding carboxylic acids is 2. The summed E-state index contributed by atoms with van der Waals surface area (Å²) in [6, 6.07) is 12.3. The van der Waals surface area contributed by atoms with E-state index in [9.17, 15) is 18.0 Å². The van der Waals surface area contributed by atoms with Gasteiger partial charge in [0.05, 0.1) is 12.0 Å². The average Bonchev–Trinajstić information content (AvgIpc) is 3.24. The van der Waals surface area contributed by atoms with Gasteiger partial charge in [0, 0.05) is 35.6 Å². The number of nitrogens with zero attached hydrogens (tertiary/aromatic N) is 3. The third-order valence-corrected chi connectivity index (χ3v) is 7.98. The summed E-state index contributed by atoms with van der Waals surface area (Å²) in [5.41, 5.74) is 3.53. The van der Waals surface area contributed by atoms with Gasteiger partial charge in [0.25, 0.3) is 0 Å². The van der Waals surface area contributed by atoms with E-state index >= 15 is 0 Å². The van der Waals surface area contributed by atoms with E-state index in [4.69, 9.17) is 0 Å². The predicted molar refractivity (Wildman–Crippen MR) is 151 cm³/mol. The molecule has 1 aliphatic carbocycles. The minimum absolute atomic E-state index is 0.0746. The molecule has 38 heavy (non-hydrogen) atoms. The van der Waals surface area contributed by atoms with E-state index in [-0.39, 0.29) is 23.5 Å². The first-order valence-electron chi connectivity index (χ1n) is 12.4. The van der Waals surface area contributed by atoms with Crippen molar-refractivity contribution in [2.24, 2.45) is 13.0 Å². The van der Waals surface area contributed by atoms with Crippen molar-refractivity contribution in [1.29, 1.82) is 0 Å². The summed E-state index contributed by atoms with van der Waals surface area (Å²) in [6.07, 6.45) is 6.39. The average molecular weight is 557 g/mol. The first-order chi connectivity index (χ1) is 18.1. The molecule has 1 fully saturated rings. The van der Waals surface area contributed by atoms with Crippen molar-refractivity contribution >= 4 is 50.7 Å². The third-order valence-electron chi connectivity index (χ3n) is 6.36. The van der Waals surface area contributed by atoms with Crippen LogP contribution in [0.3, 0.4) is 0 Å². The molecule has 0 atom stereocenters. The minimum Gasteiger partial charge on any atom is -0.326 e. The van der Waals surface area contributed by atoms with Crippen LogP contribution in [0.15, 0.2) is 47.6 Å². The van der Waals surface area contributed by atoms with E-state index in [0.29, 0.717) is 22.4 Å². The van der Waals surface area contributed by atoms with Crippen LogP contribution in [0.5, 0.6) is 0 Å². The topological polar surface area (TPSA) is 135 Å². The van der Waals surface area contributed by atoms with Gasteiger partial charge in [0.1, 0.15) is 0 Å². The van der Waals surface area contributed by atoms with Crippen LogP contribution >= 0.6 is 11.8 Å². The summed E-state index contributed by atoms with van der Waals surface area (Å²) in [5.74, 6) is 0.708. The van der Waals surface area contributed by atoms with Gasteiger partial charge < -0.3 is 15.2 Å². The van der Waals surface area contributed by atoms with Crippen molar-refractivity contribution in [3.8, 4) is 11.4 Å². The number of hydrogen-bond donors (Lipinski definition) is 3. The molecule has 3 aromatic rings. The molecule has 0 unspecified atom stereocenters. The maximum absolute atomic E-state index is 12.6. The highest BCUT2D eigenvalue weighted by molar-refractivity contribution is 7.99. The van der Waals surface area contributed by atoms with Crippen molar-refractivity contribution in [2.45, 2.75) is 44.2 Å². The normalized spacial score (nSPS) is 14.2. The van der Waals surface area contributed by atoms with Crippen LogP contribution in [0.25, 0.3) is 11.4 Å². The Labute approximate surface area is 227 Å². The Bertz CT molecular complexity index is 1410. The summed E-state index contributed by atoms with van der Waals surface area (Å²) in [5, 5.41) is 14.9. The molecule has 1 heterocycles. The zero-order chi connectivity index (χ0) is 27.3. The fourth-order valence-electron chi connectivity index (χ4n) is 4.40. The fourth-order valence-corrected chi connectivity index (χ4v) is 5.68. The standard InChI is InChI=1S/C26H32N6O4S2/c1-17-15-21(13-14-22(17)28-25(34)19-7-5-4-6-8-19)27-23(33)16-37-26-30-29-24(32(26)2)18-9-11-20(12-10-18)31-38(3,35)36/h9-15,19,31H,4-8,16H2,1-3H3,(H,27,33)(H,28,34). The molecular weight excluding hydrogens is 524 g/mol. The Morgan fingerprint density at radius 3 is 2.34 bits per heavy atom. The number of thioether (sulfide) groups is 1. The molecule has 2 amide bonds. The second kappa shape index (κ2) is 12.0. The van der Waals surface area contributed by atoms with E-state index in [0.717, 1.165) is 48.8 Å². The second-order valence-electron chi connectivity index (χ2n) is 9.51. The van der Waals surface area contributed by atoms with Gasteiger partial charge in [-0.25, -0.2) is 8.42 Å². The van der Waals surface area contributed by atoms with Crippen LogP contribution in [0.2, 0.25) is 0 Å². The second-order valence-corrected chi connectivity index (χ2v) is 12.2. The third kappa shape index (κ3) is 7.35. The number of amides is 2. The van der Waals surface area contributed by atoms with Crippen molar-refractivity contribution < 1.29 is 18.0 Å². The molecule has 1 saturated carbocycles. The van der Waals surface area contributed by atoms with Crippen LogP contribution in [-0.4, -0.2) is 47.0 Å². The summed E-state index contributed by atoms with van der Waals surface area (Å²) >= 11 is 1.26. The predicted octanol–water partition coefficient (Wildman–Crippen LogP) is 4.41. The van der Waals surface area contributed by atoms with Crippen molar-refractivity contribution in [3.63, 3.8) is 0 Å². The maximum Gasteiger partial charge on any atom is 0.234 e. The largest absolute Gasteiger partial charge is 0.326 e. The van der Waals surface area contributed by atoms with Gasteiger partial charge in [0.2, 0.25) is 21.8 Å². The van der Waals surface area contributed by atoms with Crippen LogP contribution in [0, 0.1) is 12.8 Å². The molecule has 2 aromatic carbocycles. The van der Waals surface area contributed by atoms with Crippen LogP contribution in [0.1, 0.15) is 37.7 Å². The number of aromatic nitrogens is 3. The Morgan fingerprint density at radius 1 is 1.00 bits per heavy atom. The summed E-state index contributed by atoms with van der Waals surface area (Å²) in [7, 11) is -1.54. The van der Waals surface area contributed by atoms with E-state index in [1.165, 1.54) is 18.2 Å². The Balaban J connectivity index is 1.31. The molecule has 3 N–H and O–H groups in total. The zero-order valence-electron chi connectivity index (χ0n) is 21.7.